The molecule has 0 saturated carbocycles. The fraction of sp³-hybridized carbons (Fsp3) is 0.286. The molecule has 136 valence electrons. The highest BCUT2D eigenvalue weighted by Gasteiger charge is 2.26. The zero-order valence-corrected chi connectivity index (χ0v) is 15.6. The molecule has 26 heavy (non-hydrogen) atoms. The number of rotatable bonds is 4. The first-order valence-electron chi connectivity index (χ1n) is 8.28. The van der Waals surface area contributed by atoms with Crippen LogP contribution >= 0.6 is 0 Å². The van der Waals surface area contributed by atoms with Crippen molar-refractivity contribution >= 4 is 11.9 Å². The minimum atomic E-state index is -0.0128. The SMILES string of the molecule is COc1cc(/C=C2\COc3c(C)ccc(C)c3C2=O)cc(OC)c1OC. The van der Waals surface area contributed by atoms with Crippen LogP contribution in [0.1, 0.15) is 27.0 Å². The molecule has 0 aliphatic carbocycles. The Balaban J connectivity index is 2.06. The Kier molecular flexibility index (Phi) is 4.89. The number of ether oxygens (including phenoxy) is 4. The lowest BCUT2D eigenvalue weighted by Crippen LogP contribution is -2.21. The standard InChI is InChI=1S/C21H22O5/c1-12-6-7-13(2)20-18(12)19(22)15(11-26-20)8-14-9-16(23-3)21(25-5)17(10-14)24-4/h6-10H,11H2,1-5H3/b15-8+. The topological polar surface area (TPSA) is 54.0 Å². The molecule has 0 radical (unpaired) electrons. The Bertz CT molecular complexity index is 871. The van der Waals surface area contributed by atoms with Gasteiger partial charge in [0.2, 0.25) is 5.75 Å². The van der Waals surface area contributed by atoms with Gasteiger partial charge in [0.1, 0.15) is 12.4 Å². The number of Topliss-reactive ketones (excluding diaryl/α,β-unsaturated/α-hetero) is 1. The summed E-state index contributed by atoms with van der Waals surface area (Å²) in [7, 11) is 4.68. The first kappa shape index (κ1) is 17.9. The van der Waals surface area contributed by atoms with Crippen LogP contribution in [-0.4, -0.2) is 33.7 Å². The van der Waals surface area contributed by atoms with Crippen LogP contribution in [0.4, 0.5) is 0 Å². The summed E-state index contributed by atoms with van der Waals surface area (Å²) in [6.45, 7) is 4.09. The third kappa shape index (κ3) is 3.01. The zero-order valence-electron chi connectivity index (χ0n) is 15.6. The van der Waals surface area contributed by atoms with Gasteiger partial charge < -0.3 is 18.9 Å². The van der Waals surface area contributed by atoms with Gasteiger partial charge in [0, 0.05) is 5.57 Å². The summed E-state index contributed by atoms with van der Waals surface area (Å²) in [4.78, 5) is 13.0. The predicted molar refractivity (Wildman–Crippen MR) is 99.8 cm³/mol. The van der Waals surface area contributed by atoms with Crippen molar-refractivity contribution in [1.29, 1.82) is 0 Å². The fourth-order valence-corrected chi connectivity index (χ4v) is 3.12. The highest BCUT2D eigenvalue weighted by atomic mass is 16.5. The van der Waals surface area contributed by atoms with Crippen molar-refractivity contribution in [2.75, 3.05) is 27.9 Å². The van der Waals surface area contributed by atoms with E-state index < -0.39 is 0 Å². The van der Waals surface area contributed by atoms with Gasteiger partial charge in [0.15, 0.2) is 17.3 Å². The van der Waals surface area contributed by atoms with E-state index in [2.05, 4.69) is 0 Å². The number of carbonyl (C=O) groups excluding carboxylic acids is 1. The summed E-state index contributed by atoms with van der Waals surface area (Å²) in [5.41, 5.74) is 3.87. The van der Waals surface area contributed by atoms with Gasteiger partial charge in [-0.15, -0.1) is 0 Å². The zero-order chi connectivity index (χ0) is 18.8. The molecule has 0 N–H and O–H groups in total. The van der Waals surface area contributed by atoms with Crippen LogP contribution in [0.25, 0.3) is 6.08 Å². The molecule has 5 heteroatoms. The van der Waals surface area contributed by atoms with Gasteiger partial charge in [-0.25, -0.2) is 0 Å². The number of hydrogen-bond acceptors (Lipinski definition) is 5. The molecule has 0 saturated heterocycles. The van der Waals surface area contributed by atoms with Crippen molar-refractivity contribution in [3.63, 3.8) is 0 Å². The highest BCUT2D eigenvalue weighted by Crippen LogP contribution is 2.39. The van der Waals surface area contributed by atoms with Crippen molar-refractivity contribution in [2.45, 2.75) is 13.8 Å². The molecule has 2 aromatic carbocycles. The van der Waals surface area contributed by atoms with Crippen LogP contribution in [0.5, 0.6) is 23.0 Å². The maximum absolute atomic E-state index is 13.0. The van der Waals surface area contributed by atoms with E-state index >= 15 is 0 Å². The first-order valence-corrected chi connectivity index (χ1v) is 8.28. The molecule has 1 heterocycles. The summed E-state index contributed by atoms with van der Waals surface area (Å²) < 4.78 is 22.0. The molecule has 2 aromatic rings. The third-order valence-corrected chi connectivity index (χ3v) is 4.48. The Morgan fingerprint density at radius 3 is 2.15 bits per heavy atom. The average molecular weight is 354 g/mol. The first-order chi connectivity index (χ1) is 12.5. The second-order valence-electron chi connectivity index (χ2n) is 6.15. The van der Waals surface area contributed by atoms with Gasteiger partial charge >= 0.3 is 0 Å². The quantitative estimate of drug-likeness (QED) is 0.777. The van der Waals surface area contributed by atoms with Gasteiger partial charge in [-0.1, -0.05) is 12.1 Å². The molecule has 0 unspecified atom stereocenters. The van der Waals surface area contributed by atoms with Crippen LogP contribution in [0.3, 0.4) is 0 Å². The summed E-state index contributed by atoms with van der Waals surface area (Å²) in [5.74, 6) is 2.25. The Hall–Kier alpha value is -2.95. The van der Waals surface area contributed by atoms with Gasteiger partial charge in [-0.3, -0.25) is 4.79 Å². The smallest absolute Gasteiger partial charge is 0.203 e. The molecule has 1 aliphatic rings. The number of ketones is 1. The van der Waals surface area contributed by atoms with Gasteiger partial charge in [-0.05, 0) is 48.7 Å². The van der Waals surface area contributed by atoms with E-state index in [1.54, 1.807) is 39.5 Å². The van der Waals surface area contributed by atoms with Crippen molar-refractivity contribution in [3.8, 4) is 23.0 Å². The highest BCUT2D eigenvalue weighted by molar-refractivity contribution is 6.15. The van der Waals surface area contributed by atoms with Crippen molar-refractivity contribution in [1.82, 2.24) is 0 Å². The summed E-state index contributed by atoms with van der Waals surface area (Å²) in [6, 6.07) is 7.52. The number of methoxy groups -OCH3 is 3. The maximum Gasteiger partial charge on any atom is 0.203 e. The van der Waals surface area contributed by atoms with E-state index in [0.29, 0.717) is 34.1 Å². The number of aryl methyl sites for hydroxylation is 2. The molecule has 5 nitrogen and oxygen atoms in total. The van der Waals surface area contributed by atoms with Crippen LogP contribution in [0, 0.1) is 13.8 Å². The van der Waals surface area contributed by atoms with Gasteiger partial charge in [0.05, 0.1) is 26.9 Å². The fourth-order valence-electron chi connectivity index (χ4n) is 3.12. The molecular formula is C21H22O5. The lowest BCUT2D eigenvalue weighted by molar-refractivity contribution is 0.0999. The Morgan fingerprint density at radius 2 is 1.58 bits per heavy atom. The molecule has 0 amide bonds. The second-order valence-corrected chi connectivity index (χ2v) is 6.15. The van der Waals surface area contributed by atoms with Crippen LogP contribution < -0.4 is 18.9 Å². The summed E-state index contributed by atoms with van der Waals surface area (Å²) in [5, 5.41) is 0. The summed E-state index contributed by atoms with van der Waals surface area (Å²) >= 11 is 0. The molecule has 1 aliphatic heterocycles. The van der Waals surface area contributed by atoms with Crippen molar-refractivity contribution in [3.05, 3.63) is 52.1 Å². The average Bonchev–Trinajstić information content (AvgIpc) is 2.65. The van der Waals surface area contributed by atoms with E-state index in [0.717, 1.165) is 16.7 Å². The van der Waals surface area contributed by atoms with Crippen LogP contribution in [-0.2, 0) is 0 Å². The minimum Gasteiger partial charge on any atom is -0.493 e. The number of benzene rings is 2. The largest absolute Gasteiger partial charge is 0.493 e. The summed E-state index contributed by atoms with van der Waals surface area (Å²) in [6.07, 6.45) is 1.80. The third-order valence-electron chi connectivity index (χ3n) is 4.48. The monoisotopic (exact) mass is 354 g/mol. The second kappa shape index (κ2) is 7.12. The Labute approximate surface area is 153 Å². The van der Waals surface area contributed by atoms with Crippen LogP contribution in [0.2, 0.25) is 0 Å². The molecular weight excluding hydrogens is 332 g/mol. The van der Waals surface area contributed by atoms with Gasteiger partial charge in [0.25, 0.3) is 0 Å². The predicted octanol–water partition coefficient (Wildman–Crippen LogP) is 3.99. The van der Waals surface area contributed by atoms with E-state index in [9.17, 15) is 4.79 Å². The molecule has 0 fully saturated rings. The molecule has 0 aromatic heterocycles. The van der Waals surface area contributed by atoms with E-state index in [-0.39, 0.29) is 12.4 Å². The lowest BCUT2D eigenvalue weighted by atomic mass is 9.93. The molecule has 3 rings (SSSR count). The number of fused-ring (bicyclic) bond motifs is 1. The van der Waals surface area contributed by atoms with Crippen molar-refractivity contribution < 1.29 is 23.7 Å². The minimum absolute atomic E-state index is 0.0128. The van der Waals surface area contributed by atoms with Gasteiger partial charge in [-0.2, -0.15) is 0 Å². The van der Waals surface area contributed by atoms with E-state index in [1.807, 2.05) is 26.0 Å². The maximum atomic E-state index is 13.0. The van der Waals surface area contributed by atoms with E-state index in [1.165, 1.54) is 0 Å². The number of carbonyl (C=O) groups is 1. The van der Waals surface area contributed by atoms with Crippen molar-refractivity contribution in [2.24, 2.45) is 0 Å². The molecule has 0 atom stereocenters. The Morgan fingerprint density at radius 1 is 0.962 bits per heavy atom. The number of hydrogen-bond donors (Lipinski definition) is 0. The normalized spacial score (nSPS) is 14.7. The molecule has 0 bridgehead atoms. The van der Waals surface area contributed by atoms with E-state index in [4.69, 9.17) is 18.9 Å². The van der Waals surface area contributed by atoms with Crippen LogP contribution in [0.15, 0.2) is 29.8 Å². The lowest BCUT2D eigenvalue weighted by Gasteiger charge is -2.22. The molecule has 0 spiro atoms.